The number of amides is 1. The standard InChI is InChI=1S/C16H26N2O2/c1-6-14(15(20)17-16(2,3)4)18(5)11-12-8-7-9-13(19)10-12/h7-10,14,19H,6,11H2,1-5H3,(H,17,20). The second-order valence-corrected chi connectivity index (χ2v) is 6.25. The quantitative estimate of drug-likeness (QED) is 0.870. The second kappa shape index (κ2) is 6.75. The van der Waals surface area contributed by atoms with Crippen LogP contribution in [0.1, 0.15) is 39.7 Å². The number of nitrogens with zero attached hydrogens (tertiary/aromatic N) is 1. The first-order valence-electron chi connectivity index (χ1n) is 7.03. The van der Waals surface area contributed by atoms with E-state index in [9.17, 15) is 9.90 Å². The first-order valence-corrected chi connectivity index (χ1v) is 7.03. The van der Waals surface area contributed by atoms with E-state index in [0.717, 1.165) is 12.0 Å². The summed E-state index contributed by atoms with van der Waals surface area (Å²) in [5.41, 5.74) is 0.769. The Hall–Kier alpha value is -1.55. The molecule has 0 aliphatic rings. The number of carbonyl (C=O) groups excluding carboxylic acids is 1. The largest absolute Gasteiger partial charge is 0.508 e. The van der Waals surface area contributed by atoms with E-state index < -0.39 is 0 Å². The highest BCUT2D eigenvalue weighted by Gasteiger charge is 2.24. The van der Waals surface area contributed by atoms with E-state index in [2.05, 4.69) is 5.32 Å². The van der Waals surface area contributed by atoms with E-state index in [1.165, 1.54) is 0 Å². The fraction of sp³-hybridized carbons (Fsp3) is 0.562. The van der Waals surface area contributed by atoms with Gasteiger partial charge in [-0.15, -0.1) is 0 Å². The minimum atomic E-state index is -0.226. The van der Waals surface area contributed by atoms with Gasteiger partial charge in [0.05, 0.1) is 6.04 Å². The summed E-state index contributed by atoms with van der Waals surface area (Å²) in [4.78, 5) is 14.3. The average molecular weight is 278 g/mol. The number of nitrogens with one attached hydrogen (secondary N) is 1. The van der Waals surface area contributed by atoms with Gasteiger partial charge in [0.15, 0.2) is 0 Å². The van der Waals surface area contributed by atoms with Crippen LogP contribution in [0.2, 0.25) is 0 Å². The molecule has 1 aromatic rings. The molecule has 0 saturated heterocycles. The lowest BCUT2D eigenvalue weighted by molar-refractivity contribution is -0.127. The van der Waals surface area contributed by atoms with Gasteiger partial charge in [-0.1, -0.05) is 19.1 Å². The van der Waals surface area contributed by atoms with Gasteiger partial charge in [0.25, 0.3) is 0 Å². The molecule has 0 aliphatic carbocycles. The minimum Gasteiger partial charge on any atom is -0.508 e. The summed E-state index contributed by atoms with van der Waals surface area (Å²) in [5, 5.41) is 12.5. The number of phenols is 1. The molecule has 0 heterocycles. The molecule has 0 fully saturated rings. The molecule has 20 heavy (non-hydrogen) atoms. The third-order valence-electron chi connectivity index (χ3n) is 3.06. The molecule has 1 rings (SSSR count). The topological polar surface area (TPSA) is 52.6 Å². The molecule has 0 spiro atoms. The molecule has 2 N–H and O–H groups in total. The zero-order valence-corrected chi connectivity index (χ0v) is 13.1. The van der Waals surface area contributed by atoms with Crippen LogP contribution in [0.15, 0.2) is 24.3 Å². The lowest BCUT2D eigenvalue weighted by atomic mass is 10.1. The van der Waals surface area contributed by atoms with Crippen LogP contribution in [-0.2, 0) is 11.3 Å². The molecule has 4 nitrogen and oxygen atoms in total. The minimum absolute atomic E-state index is 0.0441. The Bertz CT molecular complexity index is 452. The van der Waals surface area contributed by atoms with Crippen molar-refractivity contribution in [2.75, 3.05) is 7.05 Å². The Balaban J connectivity index is 2.72. The van der Waals surface area contributed by atoms with Crippen molar-refractivity contribution in [3.63, 3.8) is 0 Å². The number of carbonyl (C=O) groups is 1. The monoisotopic (exact) mass is 278 g/mol. The Morgan fingerprint density at radius 3 is 2.55 bits per heavy atom. The summed E-state index contributed by atoms with van der Waals surface area (Å²) >= 11 is 0. The van der Waals surface area contributed by atoms with E-state index >= 15 is 0 Å². The van der Waals surface area contributed by atoms with Crippen LogP contribution in [-0.4, -0.2) is 34.5 Å². The number of hydrogen-bond donors (Lipinski definition) is 2. The predicted octanol–water partition coefficient (Wildman–Crippen LogP) is 2.52. The van der Waals surface area contributed by atoms with E-state index in [0.29, 0.717) is 6.54 Å². The van der Waals surface area contributed by atoms with Crippen LogP contribution in [0, 0.1) is 0 Å². The molecule has 1 amide bonds. The Morgan fingerprint density at radius 1 is 1.40 bits per heavy atom. The van der Waals surface area contributed by atoms with E-state index in [-0.39, 0.29) is 23.2 Å². The Kier molecular flexibility index (Phi) is 5.57. The predicted molar refractivity (Wildman–Crippen MR) is 81.5 cm³/mol. The van der Waals surface area contributed by atoms with Gasteiger partial charge in [0, 0.05) is 12.1 Å². The first kappa shape index (κ1) is 16.5. The number of likely N-dealkylation sites (N-methyl/N-ethyl adjacent to an activating group) is 1. The molecular formula is C16H26N2O2. The van der Waals surface area contributed by atoms with Gasteiger partial charge < -0.3 is 10.4 Å². The molecule has 4 heteroatoms. The zero-order chi connectivity index (χ0) is 15.3. The fourth-order valence-corrected chi connectivity index (χ4v) is 2.20. The SMILES string of the molecule is CCC(C(=O)NC(C)(C)C)N(C)Cc1cccc(O)c1. The summed E-state index contributed by atoms with van der Waals surface area (Å²) in [6.07, 6.45) is 0.747. The normalized spacial score (nSPS) is 13.3. The smallest absolute Gasteiger partial charge is 0.237 e. The van der Waals surface area contributed by atoms with Gasteiger partial charge in [-0.3, -0.25) is 9.69 Å². The van der Waals surface area contributed by atoms with Crippen LogP contribution in [0.3, 0.4) is 0 Å². The van der Waals surface area contributed by atoms with E-state index in [1.807, 2.05) is 51.8 Å². The van der Waals surface area contributed by atoms with Gasteiger partial charge in [-0.05, 0) is 51.9 Å². The Labute approximate surface area is 121 Å². The van der Waals surface area contributed by atoms with E-state index in [1.54, 1.807) is 12.1 Å². The van der Waals surface area contributed by atoms with Crippen molar-refractivity contribution in [3.8, 4) is 5.75 Å². The number of hydrogen-bond acceptors (Lipinski definition) is 3. The fourth-order valence-electron chi connectivity index (χ4n) is 2.20. The molecule has 0 radical (unpaired) electrons. The Morgan fingerprint density at radius 2 is 2.05 bits per heavy atom. The molecule has 1 atom stereocenters. The maximum atomic E-state index is 12.3. The van der Waals surface area contributed by atoms with Gasteiger partial charge in [0.2, 0.25) is 5.91 Å². The molecule has 1 aromatic carbocycles. The van der Waals surface area contributed by atoms with Crippen LogP contribution in [0.5, 0.6) is 5.75 Å². The summed E-state index contributed by atoms with van der Waals surface area (Å²) < 4.78 is 0. The summed E-state index contributed by atoms with van der Waals surface area (Å²) in [7, 11) is 1.93. The molecule has 0 aliphatic heterocycles. The van der Waals surface area contributed by atoms with Crippen LogP contribution >= 0.6 is 0 Å². The zero-order valence-electron chi connectivity index (χ0n) is 13.1. The van der Waals surface area contributed by atoms with E-state index in [4.69, 9.17) is 0 Å². The van der Waals surface area contributed by atoms with Crippen molar-refractivity contribution in [1.29, 1.82) is 0 Å². The van der Waals surface area contributed by atoms with Gasteiger partial charge >= 0.3 is 0 Å². The van der Waals surface area contributed by atoms with Crippen LogP contribution in [0.4, 0.5) is 0 Å². The van der Waals surface area contributed by atoms with Crippen LogP contribution in [0.25, 0.3) is 0 Å². The third kappa shape index (κ3) is 5.21. The number of phenolic OH excluding ortho intramolecular Hbond substituents is 1. The van der Waals surface area contributed by atoms with Gasteiger partial charge in [-0.25, -0.2) is 0 Å². The average Bonchev–Trinajstić information content (AvgIpc) is 2.27. The highest BCUT2D eigenvalue weighted by Crippen LogP contribution is 2.15. The number of rotatable bonds is 5. The van der Waals surface area contributed by atoms with Crippen molar-refractivity contribution in [2.24, 2.45) is 0 Å². The van der Waals surface area contributed by atoms with Gasteiger partial charge in [0.1, 0.15) is 5.75 Å². The van der Waals surface area contributed by atoms with Crippen LogP contribution < -0.4 is 5.32 Å². The lowest BCUT2D eigenvalue weighted by Gasteiger charge is -2.30. The maximum Gasteiger partial charge on any atom is 0.237 e. The molecule has 0 saturated carbocycles. The van der Waals surface area contributed by atoms with Crippen molar-refractivity contribution in [3.05, 3.63) is 29.8 Å². The number of aromatic hydroxyl groups is 1. The summed E-state index contributed by atoms with van der Waals surface area (Å²) in [6, 6.07) is 6.97. The third-order valence-corrected chi connectivity index (χ3v) is 3.06. The summed E-state index contributed by atoms with van der Waals surface area (Å²) in [5.74, 6) is 0.297. The van der Waals surface area contributed by atoms with Crippen molar-refractivity contribution >= 4 is 5.91 Å². The molecule has 1 unspecified atom stereocenters. The molecule has 0 bridgehead atoms. The first-order chi connectivity index (χ1) is 9.23. The van der Waals surface area contributed by atoms with Gasteiger partial charge in [-0.2, -0.15) is 0 Å². The van der Waals surface area contributed by atoms with Crippen molar-refractivity contribution in [1.82, 2.24) is 10.2 Å². The highest BCUT2D eigenvalue weighted by atomic mass is 16.3. The number of benzene rings is 1. The van der Waals surface area contributed by atoms with Crippen molar-refractivity contribution in [2.45, 2.75) is 52.2 Å². The molecular weight excluding hydrogens is 252 g/mol. The summed E-state index contributed by atoms with van der Waals surface area (Å²) in [6.45, 7) is 8.57. The van der Waals surface area contributed by atoms with Crippen molar-refractivity contribution < 1.29 is 9.90 Å². The molecule has 0 aromatic heterocycles. The second-order valence-electron chi connectivity index (χ2n) is 6.25. The molecule has 112 valence electrons. The maximum absolute atomic E-state index is 12.3. The highest BCUT2D eigenvalue weighted by molar-refractivity contribution is 5.82. The lowest BCUT2D eigenvalue weighted by Crippen LogP contribution is -2.50.